The van der Waals surface area contributed by atoms with Crippen molar-refractivity contribution in [1.29, 1.82) is 0 Å². The van der Waals surface area contributed by atoms with Gasteiger partial charge in [-0.05, 0) is 13.0 Å². The third-order valence-electron chi connectivity index (χ3n) is 3.50. The fraction of sp³-hybridized carbons (Fsp3) is 0.438. The Morgan fingerprint density at radius 1 is 1.35 bits per heavy atom. The topological polar surface area (TPSA) is 45.5 Å². The van der Waals surface area contributed by atoms with Crippen molar-refractivity contribution in [2.45, 2.75) is 32.9 Å². The molecule has 0 bridgehead atoms. The Morgan fingerprint density at radius 3 is 2.70 bits per heavy atom. The number of nitrogens with one attached hydrogen (secondary N) is 1. The SMILES string of the molecule is CCc1oc2ccccc2c1CNC(C)C(=O)N(C)C. The quantitative estimate of drug-likeness (QED) is 0.911. The van der Waals surface area contributed by atoms with Crippen LogP contribution in [-0.2, 0) is 17.8 Å². The summed E-state index contributed by atoms with van der Waals surface area (Å²) < 4.78 is 5.85. The molecule has 2 rings (SSSR count). The zero-order valence-electron chi connectivity index (χ0n) is 12.6. The number of hydrogen-bond acceptors (Lipinski definition) is 3. The number of aryl methyl sites for hydroxylation is 1. The molecule has 1 N–H and O–H groups in total. The molecule has 1 amide bonds. The predicted molar refractivity (Wildman–Crippen MR) is 80.6 cm³/mol. The van der Waals surface area contributed by atoms with Crippen LogP contribution in [0.2, 0.25) is 0 Å². The van der Waals surface area contributed by atoms with Crippen molar-refractivity contribution in [2.24, 2.45) is 0 Å². The molecule has 1 atom stereocenters. The summed E-state index contributed by atoms with van der Waals surface area (Å²) in [4.78, 5) is 13.5. The van der Waals surface area contributed by atoms with Crippen LogP contribution in [-0.4, -0.2) is 30.9 Å². The summed E-state index contributed by atoms with van der Waals surface area (Å²) in [6, 6.07) is 7.82. The molecule has 2 aromatic rings. The molecule has 1 heterocycles. The predicted octanol–water partition coefficient (Wildman–Crippen LogP) is 2.56. The van der Waals surface area contributed by atoms with Crippen LogP contribution >= 0.6 is 0 Å². The Morgan fingerprint density at radius 2 is 2.05 bits per heavy atom. The molecule has 1 unspecified atom stereocenters. The third kappa shape index (κ3) is 2.85. The van der Waals surface area contributed by atoms with Crippen LogP contribution in [0.25, 0.3) is 11.0 Å². The van der Waals surface area contributed by atoms with E-state index in [0.717, 1.165) is 28.7 Å². The monoisotopic (exact) mass is 274 g/mol. The van der Waals surface area contributed by atoms with Gasteiger partial charge in [0.2, 0.25) is 5.91 Å². The van der Waals surface area contributed by atoms with Crippen molar-refractivity contribution >= 4 is 16.9 Å². The molecule has 4 heteroatoms. The van der Waals surface area contributed by atoms with Crippen LogP contribution in [0.5, 0.6) is 0 Å². The minimum atomic E-state index is -0.205. The van der Waals surface area contributed by atoms with Crippen LogP contribution < -0.4 is 5.32 Å². The number of nitrogens with zero attached hydrogens (tertiary/aromatic N) is 1. The molecule has 4 nitrogen and oxygen atoms in total. The molecule has 0 saturated heterocycles. The molecule has 108 valence electrons. The van der Waals surface area contributed by atoms with E-state index in [-0.39, 0.29) is 11.9 Å². The van der Waals surface area contributed by atoms with Crippen LogP contribution in [0, 0.1) is 0 Å². The first-order valence-electron chi connectivity index (χ1n) is 6.98. The van der Waals surface area contributed by atoms with Gasteiger partial charge in [0, 0.05) is 38.0 Å². The highest BCUT2D eigenvalue weighted by atomic mass is 16.3. The number of carbonyl (C=O) groups is 1. The maximum atomic E-state index is 11.9. The maximum Gasteiger partial charge on any atom is 0.238 e. The molecular weight excluding hydrogens is 252 g/mol. The third-order valence-corrected chi connectivity index (χ3v) is 3.50. The van der Waals surface area contributed by atoms with Gasteiger partial charge in [-0.2, -0.15) is 0 Å². The molecule has 0 spiro atoms. The molecule has 0 radical (unpaired) electrons. The van der Waals surface area contributed by atoms with E-state index >= 15 is 0 Å². The Labute approximate surface area is 119 Å². The summed E-state index contributed by atoms with van der Waals surface area (Å²) in [5.74, 6) is 1.07. The van der Waals surface area contributed by atoms with Crippen molar-refractivity contribution in [2.75, 3.05) is 14.1 Å². The van der Waals surface area contributed by atoms with Gasteiger partial charge in [0.15, 0.2) is 0 Å². The first-order chi connectivity index (χ1) is 9.54. The second kappa shape index (κ2) is 6.09. The minimum Gasteiger partial charge on any atom is -0.461 e. The highest BCUT2D eigenvalue weighted by molar-refractivity contribution is 5.83. The van der Waals surface area contributed by atoms with Gasteiger partial charge in [0.25, 0.3) is 0 Å². The number of furan rings is 1. The second-order valence-electron chi connectivity index (χ2n) is 5.19. The number of likely N-dealkylation sites (N-methyl/N-ethyl adjacent to an activating group) is 1. The lowest BCUT2D eigenvalue weighted by atomic mass is 10.1. The summed E-state index contributed by atoms with van der Waals surface area (Å²) in [5.41, 5.74) is 2.06. The van der Waals surface area contributed by atoms with Crippen molar-refractivity contribution in [3.8, 4) is 0 Å². The average molecular weight is 274 g/mol. The van der Waals surface area contributed by atoms with Crippen molar-refractivity contribution in [1.82, 2.24) is 10.2 Å². The van der Waals surface area contributed by atoms with Gasteiger partial charge in [-0.3, -0.25) is 4.79 Å². The van der Waals surface area contributed by atoms with E-state index in [1.807, 2.05) is 25.1 Å². The fourth-order valence-electron chi connectivity index (χ4n) is 2.36. The highest BCUT2D eigenvalue weighted by Crippen LogP contribution is 2.26. The molecule has 1 aromatic heterocycles. The van der Waals surface area contributed by atoms with E-state index in [2.05, 4.69) is 18.3 Å². The summed E-state index contributed by atoms with van der Waals surface area (Å²) in [7, 11) is 3.54. The number of para-hydroxylation sites is 1. The number of rotatable bonds is 5. The summed E-state index contributed by atoms with van der Waals surface area (Å²) in [6.45, 7) is 4.60. The standard InChI is InChI=1S/C16H22N2O2/c1-5-14-13(10-17-11(2)16(19)18(3)4)12-8-6-7-9-15(12)20-14/h6-9,11,17H,5,10H2,1-4H3. The number of carbonyl (C=O) groups excluding carboxylic acids is 1. The molecule has 0 saturated carbocycles. The first-order valence-corrected chi connectivity index (χ1v) is 6.98. The Bertz CT molecular complexity index is 602. The highest BCUT2D eigenvalue weighted by Gasteiger charge is 2.17. The number of benzene rings is 1. The van der Waals surface area contributed by atoms with Crippen LogP contribution in [0.1, 0.15) is 25.2 Å². The van der Waals surface area contributed by atoms with E-state index < -0.39 is 0 Å². The Balaban J connectivity index is 2.19. The van der Waals surface area contributed by atoms with E-state index in [9.17, 15) is 4.79 Å². The van der Waals surface area contributed by atoms with Crippen LogP contribution in [0.3, 0.4) is 0 Å². The minimum absolute atomic E-state index is 0.0795. The van der Waals surface area contributed by atoms with Crippen molar-refractivity contribution < 1.29 is 9.21 Å². The molecule has 1 aromatic carbocycles. The zero-order chi connectivity index (χ0) is 14.7. The lowest BCUT2D eigenvalue weighted by Crippen LogP contribution is -2.41. The van der Waals surface area contributed by atoms with Gasteiger partial charge >= 0.3 is 0 Å². The Kier molecular flexibility index (Phi) is 4.45. The zero-order valence-corrected chi connectivity index (χ0v) is 12.6. The largest absolute Gasteiger partial charge is 0.461 e. The molecule has 0 fully saturated rings. The number of amides is 1. The summed E-state index contributed by atoms with van der Waals surface area (Å²) >= 11 is 0. The van der Waals surface area contributed by atoms with Gasteiger partial charge in [-0.1, -0.05) is 25.1 Å². The smallest absolute Gasteiger partial charge is 0.238 e. The summed E-state index contributed by atoms with van der Waals surface area (Å²) in [5, 5.41) is 4.41. The van der Waals surface area contributed by atoms with Gasteiger partial charge in [0.1, 0.15) is 11.3 Å². The Hall–Kier alpha value is -1.81. The van der Waals surface area contributed by atoms with E-state index in [0.29, 0.717) is 6.54 Å². The second-order valence-corrected chi connectivity index (χ2v) is 5.19. The normalized spacial score (nSPS) is 12.6. The number of hydrogen-bond donors (Lipinski definition) is 1. The van der Waals surface area contributed by atoms with E-state index in [4.69, 9.17) is 4.42 Å². The van der Waals surface area contributed by atoms with Crippen molar-refractivity contribution in [3.63, 3.8) is 0 Å². The fourth-order valence-corrected chi connectivity index (χ4v) is 2.36. The van der Waals surface area contributed by atoms with Gasteiger partial charge < -0.3 is 14.6 Å². The van der Waals surface area contributed by atoms with Crippen molar-refractivity contribution in [3.05, 3.63) is 35.6 Å². The average Bonchev–Trinajstić information content (AvgIpc) is 2.81. The van der Waals surface area contributed by atoms with Crippen LogP contribution in [0.15, 0.2) is 28.7 Å². The summed E-state index contributed by atoms with van der Waals surface area (Å²) in [6.07, 6.45) is 0.849. The maximum absolute atomic E-state index is 11.9. The first kappa shape index (κ1) is 14.6. The van der Waals surface area contributed by atoms with E-state index in [1.165, 1.54) is 0 Å². The lowest BCUT2D eigenvalue weighted by molar-refractivity contribution is -0.130. The molecule has 0 aliphatic carbocycles. The van der Waals surface area contributed by atoms with E-state index in [1.54, 1.807) is 19.0 Å². The molecule has 20 heavy (non-hydrogen) atoms. The van der Waals surface area contributed by atoms with Crippen LogP contribution in [0.4, 0.5) is 0 Å². The van der Waals surface area contributed by atoms with Gasteiger partial charge in [-0.15, -0.1) is 0 Å². The van der Waals surface area contributed by atoms with Gasteiger partial charge in [-0.25, -0.2) is 0 Å². The molecule has 0 aliphatic rings. The van der Waals surface area contributed by atoms with Gasteiger partial charge in [0.05, 0.1) is 6.04 Å². The molecular formula is C16H22N2O2. The lowest BCUT2D eigenvalue weighted by Gasteiger charge is -2.18. The number of fused-ring (bicyclic) bond motifs is 1. The molecule has 0 aliphatic heterocycles.